The van der Waals surface area contributed by atoms with Gasteiger partial charge in [0.15, 0.2) is 12.4 Å². The monoisotopic (exact) mass is 321 g/mol. The summed E-state index contributed by atoms with van der Waals surface area (Å²) in [6, 6.07) is 10.1. The number of pyridine rings is 1. The van der Waals surface area contributed by atoms with E-state index in [1.54, 1.807) is 23.9 Å². The Labute approximate surface area is 131 Å². The van der Waals surface area contributed by atoms with Crippen molar-refractivity contribution in [2.24, 2.45) is 0 Å². The number of halogens is 1. The van der Waals surface area contributed by atoms with Crippen molar-refractivity contribution in [3.05, 3.63) is 58.9 Å². The zero-order valence-electron chi connectivity index (χ0n) is 11.2. The quantitative estimate of drug-likeness (QED) is 0.365. The molecule has 0 radical (unpaired) electrons. The minimum Gasteiger partial charge on any atom is -0.454 e. The largest absolute Gasteiger partial charge is 0.454 e. The van der Waals surface area contributed by atoms with Crippen LogP contribution in [0.3, 0.4) is 0 Å². The Kier molecular flexibility index (Phi) is 5.36. The zero-order valence-corrected chi connectivity index (χ0v) is 12.8. The van der Waals surface area contributed by atoms with Crippen molar-refractivity contribution in [1.29, 1.82) is 0 Å². The maximum Gasteiger partial charge on any atom is 0.340 e. The molecule has 0 saturated heterocycles. The second kappa shape index (κ2) is 7.24. The summed E-state index contributed by atoms with van der Waals surface area (Å²) < 4.78 is 4.96. The number of Topliss-reactive ketones (excluding diaryl/α,β-unsaturated/α-hetero) is 1. The zero-order chi connectivity index (χ0) is 15.2. The van der Waals surface area contributed by atoms with Crippen molar-refractivity contribution in [1.82, 2.24) is 4.98 Å². The number of rotatable bonds is 5. The van der Waals surface area contributed by atoms with Gasteiger partial charge in [-0.25, -0.2) is 9.78 Å². The Morgan fingerprint density at radius 1 is 1.14 bits per heavy atom. The molecule has 0 aliphatic carbocycles. The van der Waals surface area contributed by atoms with Crippen LogP contribution in [0.4, 0.5) is 0 Å². The molecule has 6 heteroatoms. The lowest BCUT2D eigenvalue weighted by molar-refractivity contribution is 0.0474. The number of hydrogen-bond donors (Lipinski definition) is 0. The summed E-state index contributed by atoms with van der Waals surface area (Å²) in [4.78, 5) is 28.5. The predicted octanol–water partition coefficient (Wildman–Crippen LogP) is 3.50. The fourth-order valence-corrected chi connectivity index (χ4v) is 2.09. The summed E-state index contributed by atoms with van der Waals surface area (Å²) in [6.07, 6.45) is 3.27. The van der Waals surface area contributed by atoms with E-state index in [0.717, 1.165) is 4.90 Å². The van der Waals surface area contributed by atoms with Gasteiger partial charge in [-0.15, -0.1) is 11.8 Å². The normalized spacial score (nSPS) is 10.2. The van der Waals surface area contributed by atoms with Gasteiger partial charge in [0.25, 0.3) is 0 Å². The van der Waals surface area contributed by atoms with Crippen LogP contribution in [0.5, 0.6) is 0 Å². The highest BCUT2D eigenvalue weighted by atomic mass is 35.5. The second-order valence-corrected chi connectivity index (χ2v) is 5.36. The molecule has 0 fully saturated rings. The molecule has 4 nitrogen and oxygen atoms in total. The molecule has 1 heterocycles. The van der Waals surface area contributed by atoms with Gasteiger partial charge in [0, 0.05) is 16.7 Å². The van der Waals surface area contributed by atoms with Crippen LogP contribution in [0.1, 0.15) is 20.7 Å². The summed E-state index contributed by atoms with van der Waals surface area (Å²) in [5.41, 5.74) is 0.764. The third kappa shape index (κ3) is 4.31. The molecular weight excluding hydrogens is 310 g/mol. The number of ketones is 1. The van der Waals surface area contributed by atoms with Gasteiger partial charge >= 0.3 is 5.97 Å². The molecule has 0 bridgehead atoms. The van der Waals surface area contributed by atoms with Gasteiger partial charge in [0.2, 0.25) is 0 Å². The lowest BCUT2D eigenvalue weighted by atomic mass is 10.1. The number of benzene rings is 1. The fourth-order valence-electron chi connectivity index (χ4n) is 1.57. The van der Waals surface area contributed by atoms with Gasteiger partial charge in [-0.1, -0.05) is 23.7 Å². The number of carbonyl (C=O) groups is 2. The highest BCUT2D eigenvalue weighted by Crippen LogP contribution is 2.15. The van der Waals surface area contributed by atoms with Crippen LogP contribution in [-0.4, -0.2) is 29.6 Å². The smallest absolute Gasteiger partial charge is 0.340 e. The van der Waals surface area contributed by atoms with Crippen molar-refractivity contribution in [2.75, 3.05) is 12.9 Å². The molecule has 0 aliphatic heterocycles. The number of carbonyl (C=O) groups excluding carboxylic acids is 2. The minimum absolute atomic E-state index is 0.252. The molecule has 0 atom stereocenters. The average molecular weight is 322 g/mol. The van der Waals surface area contributed by atoms with E-state index in [2.05, 4.69) is 4.98 Å². The Hall–Kier alpha value is -1.85. The van der Waals surface area contributed by atoms with Crippen molar-refractivity contribution >= 4 is 35.1 Å². The molecule has 0 amide bonds. The van der Waals surface area contributed by atoms with Crippen molar-refractivity contribution in [2.45, 2.75) is 4.90 Å². The third-order valence-corrected chi connectivity index (χ3v) is 3.68. The van der Waals surface area contributed by atoms with Gasteiger partial charge in [0.05, 0.1) is 5.56 Å². The summed E-state index contributed by atoms with van der Waals surface area (Å²) in [5, 5.41) is 0.288. The maximum absolute atomic E-state index is 11.9. The fraction of sp³-hybridized carbons (Fsp3) is 0.133. The van der Waals surface area contributed by atoms with Crippen LogP contribution >= 0.6 is 23.4 Å². The van der Waals surface area contributed by atoms with E-state index in [0.29, 0.717) is 5.56 Å². The molecule has 108 valence electrons. The molecular formula is C15H12ClNO3S. The lowest BCUT2D eigenvalue weighted by Gasteiger charge is -2.05. The number of aromatic nitrogens is 1. The first-order valence-corrected chi connectivity index (χ1v) is 7.66. The Balaban J connectivity index is 1.93. The first kappa shape index (κ1) is 15.5. The summed E-state index contributed by atoms with van der Waals surface area (Å²) in [6.45, 7) is -0.305. The van der Waals surface area contributed by atoms with Crippen LogP contribution in [0.2, 0.25) is 5.15 Å². The van der Waals surface area contributed by atoms with Crippen LogP contribution in [0, 0.1) is 0 Å². The van der Waals surface area contributed by atoms with E-state index < -0.39 is 5.97 Å². The third-order valence-electron chi connectivity index (χ3n) is 2.71. The van der Waals surface area contributed by atoms with E-state index in [-0.39, 0.29) is 23.1 Å². The maximum atomic E-state index is 11.9. The van der Waals surface area contributed by atoms with Crippen LogP contribution in [0.25, 0.3) is 0 Å². The topological polar surface area (TPSA) is 56.3 Å². The highest BCUT2D eigenvalue weighted by Gasteiger charge is 2.12. The predicted molar refractivity (Wildman–Crippen MR) is 82.1 cm³/mol. The first-order chi connectivity index (χ1) is 10.1. The number of ether oxygens (including phenoxy) is 1. The van der Waals surface area contributed by atoms with Crippen LogP contribution < -0.4 is 0 Å². The van der Waals surface area contributed by atoms with Gasteiger partial charge < -0.3 is 4.74 Å². The summed E-state index contributed by atoms with van der Waals surface area (Å²) in [7, 11) is 0. The molecule has 0 unspecified atom stereocenters. The van der Waals surface area contributed by atoms with Gasteiger partial charge in [-0.2, -0.15) is 0 Å². The molecule has 0 aliphatic rings. The molecule has 2 aromatic rings. The lowest BCUT2D eigenvalue weighted by Crippen LogP contribution is -2.14. The minimum atomic E-state index is -0.603. The van der Waals surface area contributed by atoms with E-state index in [1.165, 1.54) is 18.3 Å². The Morgan fingerprint density at radius 2 is 1.81 bits per heavy atom. The average Bonchev–Trinajstić information content (AvgIpc) is 2.53. The molecule has 1 aromatic heterocycles. The summed E-state index contributed by atoms with van der Waals surface area (Å²) >= 11 is 7.22. The van der Waals surface area contributed by atoms with E-state index >= 15 is 0 Å². The van der Waals surface area contributed by atoms with Gasteiger partial charge in [-0.05, 0) is 30.5 Å². The number of thioether (sulfide) groups is 1. The first-order valence-electron chi connectivity index (χ1n) is 6.06. The second-order valence-electron chi connectivity index (χ2n) is 4.10. The molecule has 1 aromatic carbocycles. The molecule has 0 spiro atoms. The van der Waals surface area contributed by atoms with E-state index in [4.69, 9.17) is 16.3 Å². The van der Waals surface area contributed by atoms with Crippen LogP contribution in [-0.2, 0) is 4.74 Å². The molecule has 0 N–H and O–H groups in total. The van der Waals surface area contributed by atoms with Gasteiger partial charge in [-0.3, -0.25) is 4.79 Å². The molecule has 0 saturated carbocycles. The highest BCUT2D eigenvalue weighted by molar-refractivity contribution is 7.98. The van der Waals surface area contributed by atoms with Crippen molar-refractivity contribution in [3.8, 4) is 0 Å². The van der Waals surface area contributed by atoms with Gasteiger partial charge in [0.1, 0.15) is 5.15 Å². The SMILES string of the molecule is CSc1ccc(C(=O)COC(=O)c2ccc(Cl)nc2)cc1. The number of nitrogens with zero attached hydrogens (tertiary/aromatic N) is 1. The summed E-state index contributed by atoms with van der Waals surface area (Å²) in [5.74, 6) is -0.855. The number of hydrogen-bond acceptors (Lipinski definition) is 5. The van der Waals surface area contributed by atoms with E-state index in [1.807, 2.05) is 18.4 Å². The van der Waals surface area contributed by atoms with E-state index in [9.17, 15) is 9.59 Å². The van der Waals surface area contributed by atoms with Crippen molar-refractivity contribution < 1.29 is 14.3 Å². The molecule has 2 rings (SSSR count). The molecule has 21 heavy (non-hydrogen) atoms. The Bertz CT molecular complexity index is 641. The standard InChI is InChI=1S/C15H12ClNO3S/c1-21-12-5-2-10(3-6-12)13(18)9-20-15(19)11-4-7-14(16)17-8-11/h2-8H,9H2,1H3. The number of esters is 1. The Morgan fingerprint density at radius 3 is 2.38 bits per heavy atom. The van der Waals surface area contributed by atoms with Crippen LogP contribution in [0.15, 0.2) is 47.5 Å². The van der Waals surface area contributed by atoms with Crippen molar-refractivity contribution in [3.63, 3.8) is 0 Å².